The maximum atomic E-state index is 6.02. The van der Waals surface area contributed by atoms with Crippen molar-refractivity contribution in [2.75, 3.05) is 11.1 Å². The first kappa shape index (κ1) is 13.4. The summed E-state index contributed by atoms with van der Waals surface area (Å²) >= 11 is 13.5. The fourth-order valence-corrected chi connectivity index (χ4v) is 2.58. The van der Waals surface area contributed by atoms with Crippen LogP contribution >= 0.6 is 34.5 Å². The minimum atomic E-state index is 0.261. The highest BCUT2D eigenvalue weighted by molar-refractivity contribution is 7.11. The number of halogens is 2. The third kappa shape index (κ3) is 3.04. The molecule has 3 N–H and O–H groups in total. The van der Waals surface area contributed by atoms with Gasteiger partial charge in [0.1, 0.15) is 16.6 Å². The summed E-state index contributed by atoms with van der Waals surface area (Å²) in [5.41, 5.74) is 5.63. The summed E-state index contributed by atoms with van der Waals surface area (Å²) in [6.45, 7) is 2.67. The third-order valence-corrected chi connectivity index (χ3v) is 4.05. The minimum absolute atomic E-state index is 0.261. The lowest BCUT2D eigenvalue weighted by Crippen LogP contribution is -2.03. The second-order valence-corrected chi connectivity index (χ2v) is 5.63. The molecule has 0 saturated heterocycles. The number of hydrogen-bond donors (Lipinski definition) is 2. The van der Waals surface area contributed by atoms with E-state index in [1.807, 2.05) is 6.20 Å². The molecule has 2 heterocycles. The first-order valence-corrected chi connectivity index (χ1v) is 6.96. The zero-order valence-corrected chi connectivity index (χ0v) is 12.0. The van der Waals surface area contributed by atoms with Crippen molar-refractivity contribution in [3.8, 4) is 0 Å². The van der Waals surface area contributed by atoms with Gasteiger partial charge in [-0.3, -0.25) is 0 Å². The average molecular weight is 303 g/mol. The average Bonchev–Trinajstić information content (AvgIpc) is 2.80. The van der Waals surface area contributed by atoms with Crippen LogP contribution in [0.5, 0.6) is 0 Å². The van der Waals surface area contributed by atoms with Crippen molar-refractivity contribution in [2.45, 2.75) is 19.9 Å². The molecule has 96 valence electrons. The van der Waals surface area contributed by atoms with E-state index in [0.717, 1.165) is 11.4 Å². The molecule has 2 aromatic rings. The number of hydrogen-bond acceptors (Lipinski definition) is 5. The maximum absolute atomic E-state index is 6.02. The van der Waals surface area contributed by atoms with Crippen LogP contribution in [0.3, 0.4) is 0 Å². The Balaban J connectivity index is 2.08. The predicted octanol–water partition coefficient (Wildman–Crippen LogP) is 3.60. The van der Waals surface area contributed by atoms with Crippen molar-refractivity contribution in [1.29, 1.82) is 0 Å². The van der Waals surface area contributed by atoms with E-state index in [4.69, 9.17) is 28.9 Å². The fourth-order valence-electron chi connectivity index (χ4n) is 1.36. The van der Waals surface area contributed by atoms with E-state index in [2.05, 4.69) is 22.2 Å². The molecule has 0 aliphatic carbocycles. The van der Waals surface area contributed by atoms with Crippen LogP contribution in [0, 0.1) is 0 Å². The molecule has 7 heteroatoms. The van der Waals surface area contributed by atoms with Gasteiger partial charge < -0.3 is 11.1 Å². The van der Waals surface area contributed by atoms with Gasteiger partial charge in [-0.05, 0) is 12.5 Å². The Morgan fingerprint density at radius 2 is 2.17 bits per heavy atom. The summed E-state index contributed by atoms with van der Waals surface area (Å²) in [5, 5.41) is 4.89. The van der Waals surface area contributed by atoms with Crippen molar-refractivity contribution in [2.24, 2.45) is 0 Å². The number of nitrogen functional groups attached to an aromatic ring is 1. The van der Waals surface area contributed by atoms with Crippen LogP contribution in [-0.4, -0.2) is 9.97 Å². The van der Waals surface area contributed by atoms with E-state index in [9.17, 15) is 0 Å². The van der Waals surface area contributed by atoms with Crippen LogP contribution in [0.1, 0.15) is 16.8 Å². The summed E-state index contributed by atoms with van der Waals surface area (Å²) < 4.78 is 0. The molecule has 0 aromatic carbocycles. The molecule has 0 bridgehead atoms. The Hall–Kier alpha value is -1.04. The minimum Gasteiger partial charge on any atom is -0.382 e. The molecule has 0 aliphatic rings. The van der Waals surface area contributed by atoms with Gasteiger partial charge in [-0.1, -0.05) is 30.1 Å². The van der Waals surface area contributed by atoms with Crippen molar-refractivity contribution in [3.63, 3.8) is 0 Å². The van der Waals surface area contributed by atoms with Crippen LogP contribution in [0.25, 0.3) is 0 Å². The second-order valence-electron chi connectivity index (χ2n) is 3.61. The van der Waals surface area contributed by atoms with Gasteiger partial charge in [-0.15, -0.1) is 11.3 Å². The molecule has 0 unspecified atom stereocenters. The van der Waals surface area contributed by atoms with Gasteiger partial charge in [0.2, 0.25) is 0 Å². The van der Waals surface area contributed by atoms with Gasteiger partial charge in [0, 0.05) is 11.1 Å². The molecule has 2 aromatic heterocycles. The molecule has 0 radical (unpaired) electrons. The van der Waals surface area contributed by atoms with Crippen molar-refractivity contribution < 1.29 is 0 Å². The molecule has 4 nitrogen and oxygen atoms in total. The Kier molecular flexibility index (Phi) is 4.27. The second kappa shape index (κ2) is 5.73. The normalized spacial score (nSPS) is 10.6. The Bertz CT molecular complexity index is 556. The predicted molar refractivity (Wildman–Crippen MR) is 77.5 cm³/mol. The topological polar surface area (TPSA) is 63.8 Å². The first-order valence-electron chi connectivity index (χ1n) is 5.39. The highest BCUT2D eigenvalue weighted by atomic mass is 35.5. The number of aromatic nitrogens is 2. The molecule has 0 amide bonds. The van der Waals surface area contributed by atoms with Gasteiger partial charge in [-0.25, -0.2) is 9.97 Å². The summed E-state index contributed by atoms with van der Waals surface area (Å²) in [7, 11) is 0. The van der Waals surface area contributed by atoms with E-state index < -0.39 is 0 Å². The highest BCUT2D eigenvalue weighted by Crippen LogP contribution is 2.27. The SMILES string of the molecule is CCc1cnc(CNc2nc(N)c(Cl)cc2Cl)s1. The van der Waals surface area contributed by atoms with Crippen LogP contribution in [0.2, 0.25) is 10.0 Å². The standard InChI is InChI=1S/C11H12Cl2N4S/c1-2-6-4-15-9(18-6)5-16-11-8(13)3-7(12)10(14)17-11/h3-4H,2,5H2,1H3,(H3,14,16,17). The Morgan fingerprint density at radius 1 is 1.39 bits per heavy atom. The van der Waals surface area contributed by atoms with E-state index in [1.165, 1.54) is 4.88 Å². The molecule has 0 aliphatic heterocycles. The van der Waals surface area contributed by atoms with Gasteiger partial charge in [0.25, 0.3) is 0 Å². The number of pyridine rings is 1. The van der Waals surface area contributed by atoms with Gasteiger partial charge >= 0.3 is 0 Å². The number of nitrogens with zero attached hydrogens (tertiary/aromatic N) is 2. The van der Waals surface area contributed by atoms with E-state index in [0.29, 0.717) is 22.4 Å². The van der Waals surface area contributed by atoms with E-state index >= 15 is 0 Å². The van der Waals surface area contributed by atoms with Gasteiger partial charge in [0.05, 0.1) is 16.6 Å². The zero-order valence-electron chi connectivity index (χ0n) is 9.70. The molecule has 18 heavy (non-hydrogen) atoms. The lowest BCUT2D eigenvalue weighted by Gasteiger charge is -2.07. The lowest BCUT2D eigenvalue weighted by atomic mass is 10.4. The van der Waals surface area contributed by atoms with E-state index in [1.54, 1.807) is 17.4 Å². The first-order chi connectivity index (χ1) is 8.60. The Morgan fingerprint density at radius 3 is 2.83 bits per heavy atom. The van der Waals surface area contributed by atoms with Gasteiger partial charge in [-0.2, -0.15) is 0 Å². The summed E-state index contributed by atoms with van der Waals surface area (Å²) in [4.78, 5) is 9.64. The number of nitrogens with two attached hydrogens (primary N) is 1. The molecular formula is C11H12Cl2N4S. The molecule has 2 rings (SSSR count). The van der Waals surface area contributed by atoms with Crippen LogP contribution < -0.4 is 11.1 Å². The van der Waals surface area contributed by atoms with Crippen molar-refractivity contribution in [1.82, 2.24) is 9.97 Å². The number of thiazole rings is 1. The third-order valence-electron chi connectivity index (χ3n) is 2.31. The highest BCUT2D eigenvalue weighted by Gasteiger charge is 2.08. The quantitative estimate of drug-likeness (QED) is 0.906. The number of rotatable bonds is 4. The van der Waals surface area contributed by atoms with Crippen molar-refractivity contribution in [3.05, 3.63) is 32.2 Å². The summed E-state index contributed by atoms with van der Waals surface area (Å²) in [6.07, 6.45) is 2.87. The number of nitrogens with one attached hydrogen (secondary N) is 1. The van der Waals surface area contributed by atoms with Crippen LogP contribution in [0.15, 0.2) is 12.3 Å². The zero-order chi connectivity index (χ0) is 13.1. The van der Waals surface area contributed by atoms with Crippen LogP contribution in [-0.2, 0) is 13.0 Å². The molecule has 0 spiro atoms. The molecule has 0 saturated carbocycles. The van der Waals surface area contributed by atoms with E-state index in [-0.39, 0.29) is 5.82 Å². The lowest BCUT2D eigenvalue weighted by molar-refractivity contribution is 1.07. The molecule has 0 atom stereocenters. The molecular weight excluding hydrogens is 291 g/mol. The number of anilines is 2. The van der Waals surface area contributed by atoms with Crippen LogP contribution in [0.4, 0.5) is 11.6 Å². The number of aryl methyl sites for hydroxylation is 1. The summed E-state index contributed by atoms with van der Waals surface area (Å²) in [5.74, 6) is 0.781. The summed E-state index contributed by atoms with van der Waals surface area (Å²) in [6, 6.07) is 1.58. The monoisotopic (exact) mass is 302 g/mol. The van der Waals surface area contributed by atoms with Gasteiger partial charge in [0.15, 0.2) is 0 Å². The largest absolute Gasteiger partial charge is 0.382 e. The molecule has 0 fully saturated rings. The Labute approximate surface area is 119 Å². The van der Waals surface area contributed by atoms with Crippen molar-refractivity contribution >= 4 is 46.2 Å². The smallest absolute Gasteiger partial charge is 0.147 e. The maximum Gasteiger partial charge on any atom is 0.147 e. The fraction of sp³-hybridized carbons (Fsp3) is 0.273.